The Morgan fingerprint density at radius 2 is 1.95 bits per heavy atom. The Bertz CT molecular complexity index is 603. The zero-order valence-corrected chi connectivity index (χ0v) is 10.4. The number of nitrogens with one attached hydrogen (secondary N) is 1. The number of hydrogen-bond acceptors (Lipinski definition) is 8. The van der Waals surface area contributed by atoms with E-state index < -0.39 is 4.92 Å². The lowest BCUT2D eigenvalue weighted by atomic mass is 10.3. The molecule has 1 heterocycles. The second-order valence-corrected chi connectivity index (χ2v) is 4.54. The molecule has 0 aliphatic heterocycles. The van der Waals surface area contributed by atoms with Gasteiger partial charge in [-0.05, 0) is 12.1 Å². The first-order valence-corrected chi connectivity index (χ1v) is 5.93. The van der Waals surface area contributed by atoms with E-state index in [1.807, 2.05) is 0 Å². The summed E-state index contributed by atoms with van der Waals surface area (Å²) in [7, 11) is 0. The van der Waals surface area contributed by atoms with E-state index in [0.29, 0.717) is 10.8 Å². The summed E-state index contributed by atoms with van der Waals surface area (Å²) < 4.78 is 0. The van der Waals surface area contributed by atoms with Crippen LogP contribution in [-0.2, 0) is 0 Å². The van der Waals surface area contributed by atoms with Crippen molar-refractivity contribution in [3.8, 4) is 0 Å². The van der Waals surface area contributed by atoms with Gasteiger partial charge in [0.15, 0.2) is 0 Å². The summed E-state index contributed by atoms with van der Waals surface area (Å²) in [6, 6.07) is 7.75. The maximum Gasteiger partial charge on any atom is 0.269 e. The van der Waals surface area contributed by atoms with Gasteiger partial charge in [0.1, 0.15) is 10.8 Å². The fraction of sp³-hybridized carbons (Fsp3) is 0. The van der Waals surface area contributed by atoms with Crippen LogP contribution < -0.4 is 17.0 Å². The van der Waals surface area contributed by atoms with E-state index in [2.05, 4.69) is 15.4 Å². The van der Waals surface area contributed by atoms with Crippen LogP contribution in [0.1, 0.15) is 0 Å². The number of nitrogens with two attached hydrogens (primary N) is 2. The van der Waals surface area contributed by atoms with Crippen LogP contribution in [0, 0.1) is 10.1 Å². The van der Waals surface area contributed by atoms with E-state index in [-0.39, 0.29) is 11.6 Å². The number of nitro benzene ring substituents is 1. The highest BCUT2D eigenvalue weighted by Gasteiger charge is 2.07. The molecule has 0 aliphatic rings. The zero-order chi connectivity index (χ0) is 13.8. The van der Waals surface area contributed by atoms with Crippen molar-refractivity contribution in [2.75, 3.05) is 11.2 Å². The Kier molecular flexibility index (Phi) is 3.78. The van der Waals surface area contributed by atoms with Crippen LogP contribution >= 0.6 is 11.8 Å². The van der Waals surface area contributed by atoms with Gasteiger partial charge in [0.2, 0.25) is 5.95 Å². The summed E-state index contributed by atoms with van der Waals surface area (Å²) in [5.41, 5.74) is 7.95. The topological polar surface area (TPSA) is 133 Å². The number of nitrogens with zero attached hydrogens (tertiary/aromatic N) is 3. The van der Waals surface area contributed by atoms with Crippen molar-refractivity contribution in [1.29, 1.82) is 0 Å². The fourth-order valence-electron chi connectivity index (χ4n) is 1.33. The molecular weight excluding hydrogens is 268 g/mol. The molecule has 2 aromatic rings. The van der Waals surface area contributed by atoms with Gasteiger partial charge in [0.05, 0.1) is 4.92 Å². The predicted octanol–water partition coefficient (Wildman–Crippen LogP) is 1.40. The SMILES string of the molecule is NNc1cc(Sc2ccc([N+](=O)[O-])cc2)nc(N)n1. The number of hydrogen-bond donors (Lipinski definition) is 3. The minimum Gasteiger partial charge on any atom is -0.368 e. The van der Waals surface area contributed by atoms with Gasteiger partial charge in [-0.3, -0.25) is 10.1 Å². The lowest BCUT2D eigenvalue weighted by Gasteiger charge is -2.04. The first-order valence-electron chi connectivity index (χ1n) is 5.12. The number of benzene rings is 1. The molecule has 0 saturated carbocycles. The van der Waals surface area contributed by atoms with Crippen molar-refractivity contribution in [1.82, 2.24) is 9.97 Å². The van der Waals surface area contributed by atoms with Crippen LogP contribution in [0.3, 0.4) is 0 Å². The molecule has 1 aromatic heterocycles. The summed E-state index contributed by atoms with van der Waals surface area (Å²) in [6.45, 7) is 0. The van der Waals surface area contributed by atoms with Gasteiger partial charge in [-0.2, -0.15) is 4.98 Å². The van der Waals surface area contributed by atoms with Crippen LogP contribution in [0.25, 0.3) is 0 Å². The summed E-state index contributed by atoms with van der Waals surface area (Å²) in [4.78, 5) is 18.8. The molecule has 0 bridgehead atoms. The first kappa shape index (κ1) is 13.1. The zero-order valence-electron chi connectivity index (χ0n) is 9.61. The monoisotopic (exact) mass is 278 g/mol. The molecule has 0 unspecified atom stereocenters. The number of aromatic nitrogens is 2. The minimum absolute atomic E-state index is 0.0378. The number of non-ortho nitro benzene ring substituents is 1. The second-order valence-electron chi connectivity index (χ2n) is 3.45. The molecule has 0 aliphatic carbocycles. The van der Waals surface area contributed by atoms with Crippen molar-refractivity contribution < 1.29 is 4.92 Å². The van der Waals surface area contributed by atoms with E-state index in [1.165, 1.54) is 23.9 Å². The summed E-state index contributed by atoms with van der Waals surface area (Å²) in [5, 5.41) is 11.1. The molecule has 0 spiro atoms. The van der Waals surface area contributed by atoms with Gasteiger partial charge in [-0.15, -0.1) is 0 Å². The molecule has 0 saturated heterocycles. The highest BCUT2D eigenvalue weighted by Crippen LogP contribution is 2.28. The normalized spacial score (nSPS) is 10.2. The average molecular weight is 278 g/mol. The first-order chi connectivity index (χ1) is 9.08. The van der Waals surface area contributed by atoms with E-state index in [1.54, 1.807) is 18.2 Å². The molecule has 0 amide bonds. The third-order valence-electron chi connectivity index (χ3n) is 2.14. The molecule has 0 radical (unpaired) electrons. The van der Waals surface area contributed by atoms with Crippen LogP contribution in [0.15, 0.2) is 40.3 Å². The third kappa shape index (κ3) is 3.30. The lowest BCUT2D eigenvalue weighted by molar-refractivity contribution is -0.384. The average Bonchev–Trinajstić information content (AvgIpc) is 2.38. The standard InChI is InChI=1S/C10H10N6O2S/c11-10-13-8(15-12)5-9(14-10)19-7-3-1-6(2-4-7)16(17)18/h1-5H,12H2,(H3,11,13,14,15). The molecule has 9 heteroatoms. The van der Waals surface area contributed by atoms with E-state index in [4.69, 9.17) is 11.6 Å². The van der Waals surface area contributed by atoms with Crippen molar-refractivity contribution in [2.45, 2.75) is 9.92 Å². The van der Waals surface area contributed by atoms with Crippen LogP contribution in [0.4, 0.5) is 17.5 Å². The molecule has 5 N–H and O–H groups in total. The summed E-state index contributed by atoms with van der Waals surface area (Å²) in [6.07, 6.45) is 0. The second kappa shape index (κ2) is 5.50. The number of rotatable bonds is 4. The molecular formula is C10H10N6O2S. The molecule has 19 heavy (non-hydrogen) atoms. The molecule has 98 valence electrons. The van der Waals surface area contributed by atoms with E-state index >= 15 is 0 Å². The van der Waals surface area contributed by atoms with Crippen molar-refractivity contribution in [3.63, 3.8) is 0 Å². The molecule has 0 fully saturated rings. The number of nitro groups is 1. The Balaban J connectivity index is 2.21. The van der Waals surface area contributed by atoms with Gasteiger partial charge in [-0.25, -0.2) is 10.8 Å². The maximum absolute atomic E-state index is 10.5. The third-order valence-corrected chi connectivity index (χ3v) is 3.06. The van der Waals surface area contributed by atoms with Gasteiger partial charge in [0.25, 0.3) is 5.69 Å². The highest BCUT2D eigenvalue weighted by molar-refractivity contribution is 7.99. The van der Waals surface area contributed by atoms with Crippen molar-refractivity contribution in [3.05, 3.63) is 40.4 Å². The van der Waals surface area contributed by atoms with Gasteiger partial charge in [0, 0.05) is 23.1 Å². The van der Waals surface area contributed by atoms with Gasteiger partial charge >= 0.3 is 0 Å². The molecule has 0 atom stereocenters. The molecule has 2 rings (SSSR count). The maximum atomic E-state index is 10.5. The number of anilines is 2. The van der Waals surface area contributed by atoms with E-state index in [0.717, 1.165) is 4.90 Å². The summed E-state index contributed by atoms with van der Waals surface area (Å²) in [5.74, 6) is 5.75. The van der Waals surface area contributed by atoms with Gasteiger partial charge < -0.3 is 11.2 Å². The van der Waals surface area contributed by atoms with Crippen LogP contribution in [0.2, 0.25) is 0 Å². The largest absolute Gasteiger partial charge is 0.368 e. The Morgan fingerprint density at radius 3 is 2.53 bits per heavy atom. The molecule has 1 aromatic carbocycles. The predicted molar refractivity (Wildman–Crippen MR) is 71.5 cm³/mol. The number of hydrazine groups is 1. The Morgan fingerprint density at radius 1 is 1.26 bits per heavy atom. The Hall–Kier alpha value is -2.39. The van der Waals surface area contributed by atoms with Gasteiger partial charge in [-0.1, -0.05) is 11.8 Å². The van der Waals surface area contributed by atoms with Crippen LogP contribution in [0.5, 0.6) is 0 Å². The highest BCUT2D eigenvalue weighted by atomic mass is 32.2. The van der Waals surface area contributed by atoms with E-state index in [9.17, 15) is 10.1 Å². The minimum atomic E-state index is -0.451. The van der Waals surface area contributed by atoms with Crippen LogP contribution in [-0.4, -0.2) is 14.9 Å². The Labute approximate surface area is 112 Å². The van der Waals surface area contributed by atoms with Crippen molar-refractivity contribution >= 4 is 29.2 Å². The smallest absolute Gasteiger partial charge is 0.269 e. The summed E-state index contributed by atoms with van der Waals surface area (Å²) >= 11 is 1.30. The lowest BCUT2D eigenvalue weighted by Crippen LogP contribution is -2.10. The molecule has 8 nitrogen and oxygen atoms in total. The fourth-order valence-corrected chi connectivity index (χ4v) is 2.15. The number of nitrogen functional groups attached to an aromatic ring is 2. The van der Waals surface area contributed by atoms with Crippen molar-refractivity contribution in [2.24, 2.45) is 5.84 Å². The quantitative estimate of drug-likeness (QED) is 0.331.